The molecule has 0 heterocycles. The van der Waals surface area contributed by atoms with Gasteiger partial charge in [0, 0.05) is 5.69 Å². The van der Waals surface area contributed by atoms with Crippen LogP contribution in [0.3, 0.4) is 0 Å². The lowest BCUT2D eigenvalue weighted by atomic mass is 10.2. The number of anilines is 1. The third kappa shape index (κ3) is 6.94. The van der Waals surface area contributed by atoms with Gasteiger partial charge in [0.1, 0.15) is 12.4 Å². The van der Waals surface area contributed by atoms with Crippen molar-refractivity contribution in [3.8, 4) is 5.75 Å². The zero-order chi connectivity index (χ0) is 21.1. The monoisotopic (exact) mass is 395 g/mol. The summed E-state index contributed by atoms with van der Waals surface area (Å²) in [5.74, 6) is -1.66. The van der Waals surface area contributed by atoms with Crippen LogP contribution in [0.5, 0.6) is 5.75 Å². The van der Waals surface area contributed by atoms with E-state index in [4.69, 9.17) is 9.47 Å². The summed E-state index contributed by atoms with van der Waals surface area (Å²) in [6.07, 6.45) is 3.02. The summed E-state index contributed by atoms with van der Waals surface area (Å²) in [6.45, 7) is 5.93. The van der Waals surface area contributed by atoms with E-state index in [1.54, 1.807) is 37.3 Å². The van der Waals surface area contributed by atoms with Crippen LogP contribution in [0, 0.1) is 0 Å². The van der Waals surface area contributed by atoms with Gasteiger partial charge in [-0.25, -0.2) is 10.2 Å². The highest BCUT2D eigenvalue weighted by Crippen LogP contribution is 2.12. The smallest absolute Gasteiger partial charge is 0.338 e. The molecule has 150 valence electrons. The van der Waals surface area contributed by atoms with Gasteiger partial charge in [-0.05, 0) is 48.9 Å². The van der Waals surface area contributed by atoms with Crippen molar-refractivity contribution in [2.24, 2.45) is 5.10 Å². The molecule has 0 unspecified atom stereocenters. The molecular formula is C21H21N3O5. The number of benzene rings is 2. The maximum absolute atomic E-state index is 11.9. The molecule has 0 radical (unpaired) electrons. The first-order valence-electron chi connectivity index (χ1n) is 8.78. The number of nitrogens with one attached hydrogen (secondary N) is 2. The van der Waals surface area contributed by atoms with E-state index in [-0.39, 0.29) is 6.61 Å². The molecule has 8 heteroatoms. The van der Waals surface area contributed by atoms with Gasteiger partial charge in [-0.1, -0.05) is 24.8 Å². The van der Waals surface area contributed by atoms with Crippen molar-refractivity contribution in [1.82, 2.24) is 5.43 Å². The van der Waals surface area contributed by atoms with Gasteiger partial charge >= 0.3 is 17.8 Å². The van der Waals surface area contributed by atoms with E-state index in [9.17, 15) is 14.4 Å². The number of hydrazone groups is 1. The zero-order valence-electron chi connectivity index (χ0n) is 15.9. The Hall–Kier alpha value is -3.94. The predicted octanol–water partition coefficient (Wildman–Crippen LogP) is 2.52. The fourth-order valence-electron chi connectivity index (χ4n) is 2.15. The number of hydrogen-bond acceptors (Lipinski definition) is 6. The molecule has 8 nitrogen and oxygen atoms in total. The molecule has 0 saturated carbocycles. The molecule has 0 atom stereocenters. The largest absolute Gasteiger partial charge is 0.490 e. The van der Waals surface area contributed by atoms with Crippen LogP contribution < -0.4 is 15.5 Å². The second-order valence-electron chi connectivity index (χ2n) is 5.62. The summed E-state index contributed by atoms with van der Waals surface area (Å²) >= 11 is 0. The van der Waals surface area contributed by atoms with Gasteiger partial charge in [0.05, 0.1) is 18.4 Å². The lowest BCUT2D eigenvalue weighted by Crippen LogP contribution is -2.32. The number of carbonyl (C=O) groups is 3. The average Bonchev–Trinajstić information content (AvgIpc) is 2.73. The molecule has 0 saturated heterocycles. The topological polar surface area (TPSA) is 106 Å². The second-order valence-corrected chi connectivity index (χ2v) is 5.62. The molecule has 0 aromatic heterocycles. The molecule has 0 aliphatic rings. The molecule has 2 amide bonds. The molecule has 0 aliphatic carbocycles. The van der Waals surface area contributed by atoms with Crippen molar-refractivity contribution >= 4 is 29.7 Å². The van der Waals surface area contributed by atoms with E-state index in [1.165, 1.54) is 30.5 Å². The normalized spacial score (nSPS) is 10.2. The minimum absolute atomic E-state index is 0.268. The highest BCUT2D eigenvalue weighted by molar-refractivity contribution is 6.39. The van der Waals surface area contributed by atoms with Gasteiger partial charge < -0.3 is 14.8 Å². The molecule has 0 bridgehead atoms. The van der Waals surface area contributed by atoms with Crippen molar-refractivity contribution < 1.29 is 23.9 Å². The van der Waals surface area contributed by atoms with Crippen LogP contribution in [0.25, 0.3) is 0 Å². The quantitative estimate of drug-likeness (QED) is 0.235. The fourth-order valence-corrected chi connectivity index (χ4v) is 2.15. The van der Waals surface area contributed by atoms with Gasteiger partial charge in [-0.3, -0.25) is 9.59 Å². The van der Waals surface area contributed by atoms with Crippen LogP contribution in [-0.2, 0) is 14.3 Å². The Balaban J connectivity index is 1.87. The summed E-state index contributed by atoms with van der Waals surface area (Å²) < 4.78 is 10.3. The van der Waals surface area contributed by atoms with Gasteiger partial charge in [0.25, 0.3) is 0 Å². The molecule has 0 aliphatic heterocycles. The SMILES string of the molecule is C=CCOc1cccc(/C=N\NC(=O)C(=O)Nc2ccc(C(=O)OCC)cc2)c1. The second kappa shape index (κ2) is 11.0. The van der Waals surface area contributed by atoms with E-state index in [0.717, 1.165) is 0 Å². The number of ether oxygens (including phenoxy) is 2. The van der Waals surface area contributed by atoms with E-state index in [0.29, 0.717) is 29.2 Å². The van der Waals surface area contributed by atoms with Crippen molar-refractivity contribution in [2.45, 2.75) is 6.92 Å². The number of hydrogen-bond donors (Lipinski definition) is 2. The Morgan fingerprint density at radius 1 is 1.10 bits per heavy atom. The van der Waals surface area contributed by atoms with Crippen LogP contribution in [0.1, 0.15) is 22.8 Å². The Bertz CT molecular complexity index is 907. The molecule has 2 N–H and O–H groups in total. The number of esters is 1. The lowest BCUT2D eigenvalue weighted by Gasteiger charge is -2.06. The predicted molar refractivity (Wildman–Crippen MR) is 109 cm³/mol. The molecule has 29 heavy (non-hydrogen) atoms. The lowest BCUT2D eigenvalue weighted by molar-refractivity contribution is -0.136. The Labute approximate surface area is 168 Å². The first-order chi connectivity index (χ1) is 14.0. The molecule has 0 spiro atoms. The van der Waals surface area contributed by atoms with Crippen molar-refractivity contribution in [2.75, 3.05) is 18.5 Å². The van der Waals surface area contributed by atoms with E-state index in [2.05, 4.69) is 22.4 Å². The molecule has 0 fully saturated rings. The van der Waals surface area contributed by atoms with Gasteiger partial charge in [-0.2, -0.15) is 5.10 Å². The Morgan fingerprint density at radius 2 is 1.86 bits per heavy atom. The summed E-state index contributed by atoms with van der Waals surface area (Å²) in [6, 6.07) is 13.0. The maximum atomic E-state index is 11.9. The van der Waals surface area contributed by atoms with Crippen molar-refractivity contribution in [3.05, 3.63) is 72.3 Å². The third-order valence-electron chi connectivity index (χ3n) is 3.47. The van der Waals surface area contributed by atoms with E-state index < -0.39 is 17.8 Å². The molecular weight excluding hydrogens is 374 g/mol. The Kier molecular flexibility index (Phi) is 8.12. The number of carbonyl (C=O) groups excluding carboxylic acids is 3. The third-order valence-corrected chi connectivity index (χ3v) is 3.47. The van der Waals surface area contributed by atoms with Gasteiger partial charge in [-0.15, -0.1) is 0 Å². The van der Waals surface area contributed by atoms with E-state index >= 15 is 0 Å². The maximum Gasteiger partial charge on any atom is 0.338 e. The first kappa shape index (κ1) is 21.4. The summed E-state index contributed by atoms with van der Waals surface area (Å²) in [5.41, 5.74) is 3.53. The standard InChI is InChI=1S/C21H21N3O5/c1-3-12-29-18-7-5-6-15(13-18)14-22-24-20(26)19(25)23-17-10-8-16(9-11-17)21(27)28-4-2/h3,5-11,13-14H,1,4,12H2,2H3,(H,23,25)(H,24,26)/b22-14-. The molecule has 2 aromatic carbocycles. The summed E-state index contributed by atoms with van der Waals surface area (Å²) in [5, 5.41) is 6.18. The van der Waals surface area contributed by atoms with Crippen LogP contribution in [0.15, 0.2) is 66.3 Å². The van der Waals surface area contributed by atoms with Crippen LogP contribution in [-0.4, -0.2) is 37.2 Å². The summed E-state index contributed by atoms with van der Waals surface area (Å²) in [4.78, 5) is 35.4. The minimum atomic E-state index is -0.935. The molecule has 2 rings (SSSR count). The van der Waals surface area contributed by atoms with E-state index in [1.807, 2.05) is 0 Å². The van der Waals surface area contributed by atoms with Crippen molar-refractivity contribution in [3.63, 3.8) is 0 Å². The number of nitrogens with zero attached hydrogens (tertiary/aromatic N) is 1. The van der Waals surface area contributed by atoms with Crippen LogP contribution >= 0.6 is 0 Å². The summed E-state index contributed by atoms with van der Waals surface area (Å²) in [7, 11) is 0. The zero-order valence-corrected chi connectivity index (χ0v) is 15.9. The van der Waals surface area contributed by atoms with Gasteiger partial charge in [0.2, 0.25) is 0 Å². The highest BCUT2D eigenvalue weighted by Gasteiger charge is 2.13. The average molecular weight is 395 g/mol. The fraction of sp³-hybridized carbons (Fsp3) is 0.143. The minimum Gasteiger partial charge on any atom is -0.490 e. The highest BCUT2D eigenvalue weighted by atomic mass is 16.5. The first-order valence-corrected chi connectivity index (χ1v) is 8.78. The van der Waals surface area contributed by atoms with Crippen LogP contribution in [0.4, 0.5) is 5.69 Å². The number of amides is 2. The van der Waals surface area contributed by atoms with Gasteiger partial charge in [0.15, 0.2) is 0 Å². The van der Waals surface area contributed by atoms with Crippen molar-refractivity contribution in [1.29, 1.82) is 0 Å². The molecule has 2 aromatic rings. The Morgan fingerprint density at radius 3 is 2.55 bits per heavy atom. The van der Waals surface area contributed by atoms with Crippen LogP contribution in [0.2, 0.25) is 0 Å². The number of rotatable bonds is 8.